The molecule has 1 aromatic carbocycles. The van der Waals surface area contributed by atoms with Crippen molar-refractivity contribution in [2.24, 2.45) is 0 Å². The van der Waals surface area contributed by atoms with Crippen LogP contribution in [-0.4, -0.2) is 42.1 Å². The minimum atomic E-state index is -0.181. The van der Waals surface area contributed by atoms with Gasteiger partial charge in [-0.3, -0.25) is 15.0 Å². The molecule has 0 atom stereocenters. The smallest absolute Gasteiger partial charge is 0.257 e. The second kappa shape index (κ2) is 9.89. The predicted octanol–water partition coefficient (Wildman–Crippen LogP) is 4.35. The first kappa shape index (κ1) is 20.6. The van der Waals surface area contributed by atoms with Crippen LogP contribution in [-0.2, 0) is 13.0 Å². The van der Waals surface area contributed by atoms with E-state index in [0.717, 1.165) is 44.6 Å². The quantitative estimate of drug-likeness (QED) is 0.631. The third kappa shape index (κ3) is 5.02. The lowest BCUT2D eigenvalue weighted by Gasteiger charge is -2.23. The van der Waals surface area contributed by atoms with E-state index in [1.165, 1.54) is 4.88 Å². The van der Waals surface area contributed by atoms with Gasteiger partial charge in [0.25, 0.3) is 5.91 Å². The molecule has 0 unspecified atom stereocenters. The number of rotatable bonds is 9. The van der Waals surface area contributed by atoms with Gasteiger partial charge in [0.1, 0.15) is 0 Å². The average molecular weight is 404 g/mol. The Morgan fingerprint density at radius 3 is 2.86 bits per heavy atom. The Hall–Kier alpha value is -2.12. The Kier molecular flexibility index (Phi) is 7.28. The summed E-state index contributed by atoms with van der Waals surface area (Å²) in [5.41, 5.74) is 1.65. The largest absolute Gasteiger partial charge is 0.490 e. The van der Waals surface area contributed by atoms with Gasteiger partial charge in [-0.15, -0.1) is 11.3 Å². The fourth-order valence-electron chi connectivity index (χ4n) is 3.10. The van der Waals surface area contributed by atoms with Crippen LogP contribution < -0.4 is 14.8 Å². The van der Waals surface area contributed by atoms with E-state index < -0.39 is 0 Å². The van der Waals surface area contributed by atoms with Crippen molar-refractivity contribution in [1.29, 1.82) is 0 Å². The number of benzene rings is 1. The highest BCUT2D eigenvalue weighted by molar-refractivity contribution is 7.15. The number of carbonyl (C=O) groups is 1. The molecule has 1 N–H and O–H groups in total. The summed E-state index contributed by atoms with van der Waals surface area (Å²) in [5, 5.41) is 3.60. The van der Waals surface area contributed by atoms with Crippen molar-refractivity contribution in [3.8, 4) is 11.5 Å². The van der Waals surface area contributed by atoms with Gasteiger partial charge in [-0.1, -0.05) is 20.3 Å². The summed E-state index contributed by atoms with van der Waals surface area (Å²) < 4.78 is 11.5. The summed E-state index contributed by atoms with van der Waals surface area (Å²) in [6, 6.07) is 5.32. The molecule has 152 valence electrons. The molecule has 1 aliphatic rings. The topological polar surface area (TPSA) is 63.7 Å². The fraction of sp³-hybridized carbons (Fsp3) is 0.524. The van der Waals surface area contributed by atoms with Crippen LogP contribution in [0.2, 0.25) is 0 Å². The molecule has 0 aliphatic carbocycles. The number of ether oxygens (including phenoxy) is 2. The highest BCUT2D eigenvalue weighted by Gasteiger charge is 2.21. The number of hydrogen-bond acceptors (Lipinski definition) is 6. The van der Waals surface area contributed by atoms with Crippen LogP contribution in [0.25, 0.3) is 0 Å². The molecular formula is C21H29N3O3S. The second-order valence-corrected chi connectivity index (χ2v) is 7.84. The molecule has 0 spiro atoms. The number of carbonyl (C=O) groups excluding carboxylic acids is 1. The minimum Gasteiger partial charge on any atom is -0.490 e. The van der Waals surface area contributed by atoms with Crippen molar-refractivity contribution >= 4 is 22.4 Å². The molecule has 0 saturated heterocycles. The SMILES string of the molecule is CCCCOc1ccc(C(=O)Nc2nc3c(s2)CN(CC)CC3)cc1OCC. The van der Waals surface area contributed by atoms with Crippen molar-refractivity contribution in [3.05, 3.63) is 34.3 Å². The summed E-state index contributed by atoms with van der Waals surface area (Å²) in [6.45, 7) is 10.3. The molecular weight excluding hydrogens is 374 g/mol. The van der Waals surface area contributed by atoms with Crippen LogP contribution in [0, 0.1) is 0 Å². The molecule has 1 aromatic heterocycles. The van der Waals surface area contributed by atoms with E-state index in [0.29, 0.717) is 35.4 Å². The monoisotopic (exact) mass is 403 g/mol. The number of nitrogens with zero attached hydrogens (tertiary/aromatic N) is 2. The Balaban J connectivity index is 1.70. The number of hydrogen-bond donors (Lipinski definition) is 1. The maximum absolute atomic E-state index is 12.7. The van der Waals surface area contributed by atoms with Crippen LogP contribution in [0.5, 0.6) is 11.5 Å². The van der Waals surface area contributed by atoms with E-state index in [4.69, 9.17) is 9.47 Å². The Bertz CT molecular complexity index is 806. The summed E-state index contributed by atoms with van der Waals surface area (Å²) >= 11 is 1.57. The molecule has 3 rings (SSSR count). The Morgan fingerprint density at radius 1 is 1.25 bits per heavy atom. The van der Waals surface area contributed by atoms with Crippen LogP contribution in [0.4, 0.5) is 5.13 Å². The minimum absolute atomic E-state index is 0.181. The lowest BCUT2D eigenvalue weighted by atomic mass is 10.2. The summed E-state index contributed by atoms with van der Waals surface area (Å²) in [5.74, 6) is 1.10. The molecule has 1 amide bonds. The molecule has 1 aliphatic heterocycles. The Morgan fingerprint density at radius 2 is 2.11 bits per heavy atom. The van der Waals surface area contributed by atoms with Gasteiger partial charge in [-0.05, 0) is 38.1 Å². The van der Waals surface area contributed by atoms with Gasteiger partial charge < -0.3 is 9.47 Å². The highest BCUT2D eigenvalue weighted by Crippen LogP contribution is 2.31. The van der Waals surface area contributed by atoms with Gasteiger partial charge in [0.15, 0.2) is 16.6 Å². The third-order valence-electron chi connectivity index (χ3n) is 4.74. The number of likely N-dealkylation sites (N-methyl/N-ethyl adjacent to an activating group) is 1. The first-order chi connectivity index (χ1) is 13.6. The summed E-state index contributed by atoms with van der Waals surface area (Å²) in [4.78, 5) is 21.0. The van der Waals surface area contributed by atoms with E-state index in [-0.39, 0.29) is 5.91 Å². The molecule has 0 bridgehead atoms. The number of amides is 1. The van der Waals surface area contributed by atoms with Gasteiger partial charge in [0.2, 0.25) is 0 Å². The summed E-state index contributed by atoms with van der Waals surface area (Å²) in [6.07, 6.45) is 2.99. The summed E-state index contributed by atoms with van der Waals surface area (Å²) in [7, 11) is 0. The van der Waals surface area contributed by atoms with Gasteiger partial charge >= 0.3 is 0 Å². The van der Waals surface area contributed by atoms with Crippen LogP contribution >= 0.6 is 11.3 Å². The molecule has 28 heavy (non-hydrogen) atoms. The zero-order chi connectivity index (χ0) is 19.9. The zero-order valence-electron chi connectivity index (χ0n) is 16.9. The average Bonchev–Trinajstić information content (AvgIpc) is 3.10. The van der Waals surface area contributed by atoms with Crippen molar-refractivity contribution < 1.29 is 14.3 Å². The molecule has 0 fully saturated rings. The molecule has 6 nitrogen and oxygen atoms in total. The first-order valence-electron chi connectivity index (χ1n) is 10.1. The van der Waals surface area contributed by atoms with E-state index >= 15 is 0 Å². The fourth-order valence-corrected chi connectivity index (χ4v) is 4.15. The van der Waals surface area contributed by atoms with Crippen molar-refractivity contribution in [3.63, 3.8) is 0 Å². The van der Waals surface area contributed by atoms with Crippen molar-refractivity contribution in [1.82, 2.24) is 9.88 Å². The normalized spacial score (nSPS) is 13.8. The van der Waals surface area contributed by atoms with Gasteiger partial charge in [-0.2, -0.15) is 0 Å². The maximum atomic E-state index is 12.7. The molecule has 0 radical (unpaired) electrons. The number of anilines is 1. The third-order valence-corrected chi connectivity index (χ3v) is 5.74. The maximum Gasteiger partial charge on any atom is 0.257 e. The number of nitrogens with one attached hydrogen (secondary N) is 1. The molecule has 2 heterocycles. The number of aromatic nitrogens is 1. The van der Waals surface area contributed by atoms with Crippen LogP contribution in [0.3, 0.4) is 0 Å². The first-order valence-corrected chi connectivity index (χ1v) is 10.9. The molecule has 2 aromatic rings. The highest BCUT2D eigenvalue weighted by atomic mass is 32.1. The van der Waals surface area contributed by atoms with Gasteiger partial charge in [0, 0.05) is 30.0 Å². The van der Waals surface area contributed by atoms with Gasteiger partial charge in [0.05, 0.1) is 18.9 Å². The predicted molar refractivity (Wildman–Crippen MR) is 113 cm³/mol. The number of thiazole rings is 1. The van der Waals surface area contributed by atoms with Crippen LogP contribution in [0.1, 0.15) is 54.5 Å². The van der Waals surface area contributed by atoms with Crippen molar-refractivity contribution in [2.45, 2.75) is 46.6 Å². The lowest BCUT2D eigenvalue weighted by Crippen LogP contribution is -2.29. The van der Waals surface area contributed by atoms with Crippen molar-refractivity contribution in [2.75, 3.05) is 31.6 Å². The lowest BCUT2D eigenvalue weighted by molar-refractivity contribution is 0.102. The van der Waals surface area contributed by atoms with E-state index in [9.17, 15) is 4.79 Å². The Labute approximate surface area is 170 Å². The van der Waals surface area contributed by atoms with E-state index in [1.54, 1.807) is 23.5 Å². The molecule has 0 saturated carbocycles. The standard InChI is InChI=1S/C21H29N3O3S/c1-4-7-12-27-17-9-8-15(13-18(17)26-6-3)20(25)23-21-22-16-10-11-24(5-2)14-19(16)28-21/h8-9,13H,4-7,10-12,14H2,1-3H3,(H,22,23,25). The number of unbranched alkanes of at least 4 members (excludes halogenated alkanes) is 1. The van der Waals surface area contributed by atoms with E-state index in [1.807, 2.05) is 13.0 Å². The van der Waals surface area contributed by atoms with Gasteiger partial charge in [-0.25, -0.2) is 4.98 Å². The van der Waals surface area contributed by atoms with Crippen LogP contribution in [0.15, 0.2) is 18.2 Å². The molecule has 7 heteroatoms. The zero-order valence-corrected chi connectivity index (χ0v) is 17.7. The number of fused-ring (bicyclic) bond motifs is 1. The second-order valence-electron chi connectivity index (χ2n) is 6.76. The van der Waals surface area contributed by atoms with E-state index in [2.05, 4.69) is 29.0 Å².